The molecule has 1 saturated heterocycles. The summed E-state index contributed by atoms with van der Waals surface area (Å²) in [5, 5.41) is 30.8. The average Bonchev–Trinajstić information content (AvgIpc) is 1.67. The van der Waals surface area contributed by atoms with Gasteiger partial charge in [-0.1, -0.05) is 367 Å². The second-order valence-electron chi connectivity index (χ2n) is 29.8. The van der Waals surface area contributed by atoms with Crippen LogP contribution in [0.4, 0.5) is 14.4 Å². The number of nitrogens with two attached hydrogens (primary N) is 2. The first-order valence-electron chi connectivity index (χ1n) is 40.6. The molecule has 12 rings (SSSR count). The molecule has 1 heterocycles. The Labute approximate surface area is 798 Å². The van der Waals surface area contributed by atoms with E-state index < -0.39 is 42.6 Å². The number of hydrogen-bond acceptors (Lipinski definition) is 13. The van der Waals surface area contributed by atoms with E-state index in [1.807, 2.05) is 244 Å². The zero-order chi connectivity index (χ0) is 86.4. The van der Waals surface area contributed by atoms with Crippen LogP contribution in [0.15, 0.2) is 346 Å². The number of nitrogens with one attached hydrogen (secondary N) is 3. The van der Waals surface area contributed by atoms with E-state index in [1.54, 1.807) is 0 Å². The Balaban J connectivity index is 0.000000250. The van der Waals surface area contributed by atoms with Gasteiger partial charge in [0.05, 0.1) is 24.2 Å². The molecule has 0 aromatic heterocycles. The fourth-order valence-corrected chi connectivity index (χ4v) is 14.0. The average molecular weight is 2340 g/mol. The summed E-state index contributed by atoms with van der Waals surface area (Å²) in [5.74, 6) is 0.286. The van der Waals surface area contributed by atoms with Crippen molar-refractivity contribution >= 4 is 134 Å². The van der Waals surface area contributed by atoms with Gasteiger partial charge in [-0.15, -0.1) is 24.0 Å². The van der Waals surface area contributed by atoms with Crippen molar-refractivity contribution in [3.63, 3.8) is 0 Å². The molecule has 0 aliphatic carbocycles. The summed E-state index contributed by atoms with van der Waals surface area (Å²) < 4.78 is 28.2. The van der Waals surface area contributed by atoms with Crippen LogP contribution in [-0.2, 0) is 94.9 Å². The Kier molecular flexibility index (Phi) is 52.8. The Morgan fingerprint density at radius 2 is 0.664 bits per heavy atom. The fourth-order valence-electron chi connectivity index (χ4n) is 13.8. The van der Waals surface area contributed by atoms with E-state index in [9.17, 15) is 24.6 Å². The molecule has 0 bridgehead atoms. The summed E-state index contributed by atoms with van der Waals surface area (Å²) in [7, 11) is 0. The molecule has 122 heavy (non-hydrogen) atoms. The first-order valence-corrected chi connectivity index (χ1v) is 59.9. The maximum atomic E-state index is 12.8. The van der Waals surface area contributed by atoms with Crippen molar-refractivity contribution in [3.05, 3.63) is 407 Å². The molecule has 9 N–H and O–H groups in total. The molecule has 22 heteroatoms. The smallest absolute Gasteiger partial charge is 0.00799 e. The Hall–Kier alpha value is -7.12. The minimum Gasteiger partial charge on any atom is -0.327 e. The van der Waals surface area contributed by atoms with E-state index >= 15 is 0 Å². The van der Waals surface area contributed by atoms with Crippen LogP contribution in [-0.4, -0.2) is 88.4 Å². The molecule has 0 radical (unpaired) electrons. The van der Waals surface area contributed by atoms with Crippen molar-refractivity contribution < 1.29 is 61.5 Å². The van der Waals surface area contributed by atoms with Crippen molar-refractivity contribution in [1.82, 2.24) is 16.0 Å². The minimum absolute atomic E-state index is 0. The molecule has 1 fully saturated rings. The van der Waals surface area contributed by atoms with E-state index in [4.69, 9.17) is 47.4 Å². The predicted octanol–water partition coefficient (Wildman–Crippen LogP) is 19.6. The summed E-state index contributed by atoms with van der Waals surface area (Å²) >= 11 is 14.8. The van der Waals surface area contributed by atoms with Crippen molar-refractivity contribution in [1.29, 1.82) is 0 Å². The molecule has 15 nitrogen and oxygen atoms in total. The standard InChI is InChI=1S/C28H29NO4S.C27H31NO4.C27H29NO2.C18H24N2.I3.I2.HI/c1-20(17-21-11-5-2-6-12-21)25-26(33-28(34)32-25)24(18-22-13-7-3-8-14-22)29-27(30)31-19-23-15-9-4-10-16-23;1-20(17-21-11-5-2-6-12-21)25(29)26(30)24(18-22-13-7-3-8-14-22)28-27(31)32-19-23-15-9-4-10-16-23;1-22(19-23-11-5-2-6-12-23)17-18-26(20-24-13-7-3-8-14-24)28-27(29)30-21-25-15-9-4-10-16-25;19-17(13-15-7-3-1-4-8-15)11-12-18(20)14-16-9-5-2-6-10-16;1-3-2;1-2;/h2-16,20,24-26H,17-19H2,1H3,(H,29,30);2-16,20,24-26,29-30H,17-19H2,1H3,(H,28,31);2-18,22,26H,19-21H2,1H3,(H,28,29);1-10,17-18H,11-14,19-20H2;;;1H/q;;;;-1;;/b;;18-17+;;;;/t2*20-,24-,25+,26+;22-,26-;17-,18-;;;/m0011.../s1. The van der Waals surface area contributed by atoms with Gasteiger partial charge < -0.3 is 61.3 Å². The Morgan fingerprint density at radius 1 is 0.385 bits per heavy atom. The third-order valence-corrected chi connectivity index (χ3v) is 20.2. The maximum Gasteiger partial charge on any atom is 0.00799 e. The summed E-state index contributed by atoms with van der Waals surface area (Å²) in [6.45, 7) is 6.80. The van der Waals surface area contributed by atoms with Gasteiger partial charge in [0, 0.05) is 67.5 Å². The van der Waals surface area contributed by atoms with Crippen LogP contribution in [0.5, 0.6) is 0 Å². The van der Waals surface area contributed by atoms with Gasteiger partial charge in [0.25, 0.3) is 0 Å². The van der Waals surface area contributed by atoms with Gasteiger partial charge in [0.1, 0.15) is 32.0 Å². The van der Waals surface area contributed by atoms with Crippen LogP contribution in [0, 0.1) is 17.8 Å². The number of hydrogen-bond donors (Lipinski definition) is 7. The van der Waals surface area contributed by atoms with Crippen molar-refractivity contribution in [3.8, 4) is 0 Å². The van der Waals surface area contributed by atoms with E-state index in [0.29, 0.717) is 38.4 Å². The number of thiocarbonyl (C=S) groups is 1. The van der Waals surface area contributed by atoms with E-state index in [-0.39, 0.29) is 91.1 Å². The quantitative estimate of drug-likeness (QED) is 0.00850. The van der Waals surface area contributed by atoms with Crippen LogP contribution >= 0.6 is 111 Å². The van der Waals surface area contributed by atoms with Crippen LogP contribution in [0.1, 0.15) is 94.8 Å². The third kappa shape index (κ3) is 42.7. The number of ether oxygens (including phenoxy) is 5. The number of halogens is 6. The van der Waals surface area contributed by atoms with E-state index in [0.717, 1.165) is 78.3 Å². The molecule has 1 aliphatic heterocycles. The van der Waals surface area contributed by atoms with E-state index in [1.165, 1.54) is 27.8 Å². The minimum atomic E-state index is -1.15. The Morgan fingerprint density at radius 3 is 1.02 bits per heavy atom. The Bertz CT molecular complexity index is 4550. The summed E-state index contributed by atoms with van der Waals surface area (Å²) in [6, 6.07) is 109. The largest absolute Gasteiger partial charge is 0.327 e. The number of benzene rings is 11. The van der Waals surface area contributed by atoms with E-state index in [2.05, 4.69) is 213 Å². The zero-order valence-electron chi connectivity index (χ0n) is 69.1. The second-order valence-corrected chi connectivity index (χ2v) is 46.4. The van der Waals surface area contributed by atoms with Crippen LogP contribution in [0.2, 0.25) is 0 Å². The molecule has 11 aromatic rings. The SMILES string of the molecule is C[C@@H](Cc1ccccc1)[C@@H](O)[C@H](O)[C@H](Cc1ccccc1)NC(=O)OCc1ccccc1.C[C@@H](Cc1ccccc1)[C@H]1OC(=S)O[C@@H]1[C@H](Cc1ccccc1)NC(=O)OCc1ccccc1.C[C@H](/C=C/[C@H](Cc1ccccc1)NC(=O)OCc1ccccc1)Cc1ccccc1.I.II.I[I-]I.N[C@H](CC[C@@H](N)Cc1ccccc1)Cc1ccccc1. The molecule has 12 atom stereocenters. The predicted molar refractivity (Wildman–Crippen MR) is 539 cm³/mol. The van der Waals surface area contributed by atoms with Crippen molar-refractivity contribution in [2.45, 2.75) is 159 Å². The molecular formula is C100H114I6N5O10S-. The second kappa shape index (κ2) is 62.1. The number of allylic oxidation sites excluding steroid dienone is 1. The summed E-state index contributed by atoms with van der Waals surface area (Å²) in [6.07, 6.45) is 7.69. The molecular weight excluding hydrogens is 2220 g/mol. The summed E-state index contributed by atoms with van der Waals surface area (Å²) in [4.78, 5) is 37.6. The van der Waals surface area contributed by atoms with Gasteiger partial charge in [-0.3, -0.25) is 0 Å². The van der Waals surface area contributed by atoms with Gasteiger partial charge in [0.15, 0.2) is 6.10 Å². The zero-order valence-corrected chi connectivity index (χ0v) is 83.0. The normalized spacial score (nSPS) is 14.8. The first-order chi connectivity index (χ1) is 58.9. The monoisotopic (exact) mass is 2340 g/mol. The molecule has 0 saturated carbocycles. The maximum absolute atomic E-state index is 12.8. The molecule has 0 spiro atoms. The van der Waals surface area contributed by atoms with Gasteiger partial charge in [-0.25, -0.2) is 14.4 Å². The van der Waals surface area contributed by atoms with Gasteiger partial charge in [-0.2, -0.15) is 0 Å². The molecule has 0 unspecified atom stereocenters. The first kappa shape index (κ1) is 104. The number of aliphatic hydroxyl groups is 2. The topological polar surface area (TPSA) is 226 Å². The van der Waals surface area contributed by atoms with Crippen LogP contribution in [0.3, 0.4) is 0 Å². The third-order valence-electron chi connectivity index (χ3n) is 20.0. The number of rotatable bonds is 35. The molecule has 11 aromatic carbocycles. The molecule has 648 valence electrons. The van der Waals surface area contributed by atoms with Gasteiger partial charge in [0.2, 0.25) is 0 Å². The molecule has 3 amide bonds. The molecule has 1 aliphatic rings. The number of alkyl carbamates (subject to hydrolysis) is 3. The van der Waals surface area contributed by atoms with Crippen LogP contribution in [0.25, 0.3) is 0 Å². The van der Waals surface area contributed by atoms with Gasteiger partial charge in [-0.05, 0) is 137 Å². The van der Waals surface area contributed by atoms with Crippen LogP contribution < -0.4 is 40.7 Å². The number of carbonyl (C=O) groups excluding carboxylic acids is 3. The van der Waals surface area contributed by atoms with Crippen molar-refractivity contribution in [2.24, 2.45) is 29.2 Å². The number of aliphatic hydroxyl groups excluding tert-OH is 2. The summed E-state index contributed by atoms with van der Waals surface area (Å²) in [5.41, 5.74) is 24.6. The van der Waals surface area contributed by atoms with Crippen molar-refractivity contribution in [2.75, 3.05) is 0 Å². The van der Waals surface area contributed by atoms with Gasteiger partial charge >= 0.3 is 74.0 Å². The number of amides is 3. The fraction of sp³-hybridized carbons (Fsp3) is 0.280. The number of carbonyl (C=O) groups is 3.